The lowest BCUT2D eigenvalue weighted by Crippen LogP contribution is -1.92. The Labute approximate surface area is 75.6 Å². The Morgan fingerprint density at radius 1 is 1.23 bits per heavy atom. The van der Waals surface area contributed by atoms with Crippen molar-refractivity contribution in [1.29, 1.82) is 0 Å². The van der Waals surface area contributed by atoms with Crippen molar-refractivity contribution >= 4 is 12.4 Å². The highest BCUT2D eigenvalue weighted by molar-refractivity contribution is 5.74. The summed E-state index contributed by atoms with van der Waals surface area (Å²) in [7, 11) is 0. The lowest BCUT2D eigenvalue weighted by Gasteiger charge is -1.96. The fourth-order valence-electron chi connectivity index (χ4n) is 1.17. The molecule has 3 heteroatoms. The molecular formula is C10H8O3. The Balaban J connectivity index is 2.30. The maximum Gasteiger partial charge on any atom is 0.231 e. The molecule has 0 bridgehead atoms. The van der Waals surface area contributed by atoms with Gasteiger partial charge in [0.15, 0.2) is 11.5 Å². The molecule has 1 aromatic rings. The molecule has 0 amide bonds. The lowest BCUT2D eigenvalue weighted by molar-refractivity contribution is -0.104. The molecule has 1 aromatic carbocycles. The molecule has 0 N–H and O–H groups in total. The summed E-state index contributed by atoms with van der Waals surface area (Å²) in [5.41, 5.74) is 0.927. The maximum atomic E-state index is 10.1. The number of fused-ring (bicyclic) bond motifs is 1. The predicted molar refractivity (Wildman–Crippen MR) is 47.7 cm³/mol. The minimum atomic E-state index is 0.274. The van der Waals surface area contributed by atoms with Crippen LogP contribution < -0.4 is 9.47 Å². The van der Waals surface area contributed by atoms with E-state index in [1.807, 2.05) is 18.2 Å². The van der Waals surface area contributed by atoms with E-state index in [2.05, 4.69) is 0 Å². The van der Waals surface area contributed by atoms with Crippen LogP contribution in [0.2, 0.25) is 0 Å². The third-order valence-corrected chi connectivity index (χ3v) is 1.76. The Bertz CT molecular complexity index is 355. The Morgan fingerprint density at radius 2 is 2.08 bits per heavy atom. The van der Waals surface area contributed by atoms with Gasteiger partial charge in [-0.15, -0.1) is 0 Å². The van der Waals surface area contributed by atoms with Crippen molar-refractivity contribution in [3.8, 4) is 11.5 Å². The average molecular weight is 176 g/mol. The summed E-state index contributed by atoms with van der Waals surface area (Å²) in [5.74, 6) is 1.48. The molecular weight excluding hydrogens is 168 g/mol. The number of benzene rings is 1. The van der Waals surface area contributed by atoms with E-state index in [9.17, 15) is 4.79 Å². The van der Waals surface area contributed by atoms with E-state index < -0.39 is 0 Å². The summed E-state index contributed by atoms with van der Waals surface area (Å²) in [5, 5.41) is 0. The number of rotatable bonds is 2. The second kappa shape index (κ2) is 3.31. The zero-order valence-corrected chi connectivity index (χ0v) is 6.90. The van der Waals surface area contributed by atoms with E-state index in [1.165, 1.54) is 6.08 Å². The molecule has 0 spiro atoms. The number of carbonyl (C=O) groups excluding carboxylic acids is 1. The van der Waals surface area contributed by atoms with Crippen LogP contribution in [0.3, 0.4) is 0 Å². The van der Waals surface area contributed by atoms with E-state index in [1.54, 1.807) is 6.08 Å². The maximum absolute atomic E-state index is 10.1. The molecule has 0 aromatic heterocycles. The first-order valence-electron chi connectivity index (χ1n) is 3.91. The molecule has 0 atom stereocenters. The third kappa shape index (κ3) is 1.54. The quantitative estimate of drug-likeness (QED) is 0.507. The van der Waals surface area contributed by atoms with Gasteiger partial charge in [0.1, 0.15) is 6.29 Å². The first kappa shape index (κ1) is 7.86. The van der Waals surface area contributed by atoms with Crippen molar-refractivity contribution in [3.05, 3.63) is 29.8 Å². The van der Waals surface area contributed by atoms with E-state index in [-0.39, 0.29) is 6.79 Å². The molecule has 2 rings (SSSR count). The molecule has 1 aliphatic rings. The van der Waals surface area contributed by atoms with Crippen LogP contribution in [0.25, 0.3) is 6.08 Å². The Kier molecular flexibility index (Phi) is 2.00. The van der Waals surface area contributed by atoms with Crippen molar-refractivity contribution in [2.45, 2.75) is 0 Å². The molecule has 13 heavy (non-hydrogen) atoms. The van der Waals surface area contributed by atoms with Crippen LogP contribution in [0.4, 0.5) is 0 Å². The first-order valence-corrected chi connectivity index (χ1v) is 3.91. The molecule has 1 aliphatic heterocycles. The second-order valence-corrected chi connectivity index (χ2v) is 2.61. The molecule has 0 saturated heterocycles. The lowest BCUT2D eigenvalue weighted by atomic mass is 10.2. The summed E-state index contributed by atoms with van der Waals surface area (Å²) >= 11 is 0. The molecule has 0 aliphatic carbocycles. The highest BCUT2D eigenvalue weighted by Gasteiger charge is 2.11. The molecule has 0 radical (unpaired) electrons. The molecule has 3 nitrogen and oxygen atoms in total. The van der Waals surface area contributed by atoms with Crippen molar-refractivity contribution in [2.75, 3.05) is 6.79 Å². The number of hydrogen-bond acceptors (Lipinski definition) is 3. The Morgan fingerprint density at radius 3 is 2.92 bits per heavy atom. The summed E-state index contributed by atoms with van der Waals surface area (Å²) in [4.78, 5) is 10.1. The normalized spacial score (nSPS) is 13.5. The molecule has 1 heterocycles. The van der Waals surface area contributed by atoms with Gasteiger partial charge in [-0.3, -0.25) is 4.79 Å². The fourth-order valence-corrected chi connectivity index (χ4v) is 1.17. The van der Waals surface area contributed by atoms with Crippen molar-refractivity contribution in [3.63, 3.8) is 0 Å². The standard InChI is InChI=1S/C10H8O3/c11-5-1-2-8-3-4-9-10(6-8)13-7-12-9/h1-6H,7H2. The molecule has 0 saturated carbocycles. The van der Waals surface area contributed by atoms with Crippen LogP contribution in [0, 0.1) is 0 Å². The van der Waals surface area contributed by atoms with E-state index >= 15 is 0 Å². The van der Waals surface area contributed by atoms with Crippen molar-refractivity contribution in [1.82, 2.24) is 0 Å². The predicted octanol–water partition coefficient (Wildman–Crippen LogP) is 1.63. The van der Waals surface area contributed by atoms with Crippen molar-refractivity contribution < 1.29 is 14.3 Å². The van der Waals surface area contributed by atoms with E-state index in [0.29, 0.717) is 0 Å². The van der Waals surface area contributed by atoms with Gasteiger partial charge in [-0.05, 0) is 23.8 Å². The smallest absolute Gasteiger partial charge is 0.231 e. The number of aldehydes is 1. The topological polar surface area (TPSA) is 35.5 Å². The number of hydrogen-bond donors (Lipinski definition) is 0. The van der Waals surface area contributed by atoms with E-state index in [0.717, 1.165) is 23.3 Å². The minimum absolute atomic E-state index is 0.274. The molecule has 66 valence electrons. The van der Waals surface area contributed by atoms with Gasteiger partial charge in [-0.25, -0.2) is 0 Å². The zero-order valence-electron chi connectivity index (χ0n) is 6.90. The SMILES string of the molecule is O=CC=Cc1ccc2c(c1)OCO2. The summed E-state index contributed by atoms with van der Waals surface area (Å²) in [6.45, 7) is 0.274. The highest BCUT2D eigenvalue weighted by atomic mass is 16.7. The van der Waals surface area contributed by atoms with E-state index in [4.69, 9.17) is 9.47 Å². The average Bonchev–Trinajstić information content (AvgIpc) is 2.61. The van der Waals surface area contributed by atoms with Gasteiger partial charge in [0, 0.05) is 0 Å². The number of ether oxygens (including phenoxy) is 2. The van der Waals surface area contributed by atoms with Crippen LogP contribution in [-0.2, 0) is 4.79 Å². The fraction of sp³-hybridized carbons (Fsp3) is 0.100. The van der Waals surface area contributed by atoms with Gasteiger partial charge in [0.2, 0.25) is 6.79 Å². The minimum Gasteiger partial charge on any atom is -0.454 e. The van der Waals surface area contributed by atoms with Crippen LogP contribution in [0.15, 0.2) is 24.3 Å². The first-order chi connectivity index (χ1) is 6.40. The van der Waals surface area contributed by atoms with Gasteiger partial charge in [-0.2, -0.15) is 0 Å². The number of allylic oxidation sites excluding steroid dienone is 1. The second-order valence-electron chi connectivity index (χ2n) is 2.61. The van der Waals surface area contributed by atoms with Gasteiger partial charge in [0.05, 0.1) is 0 Å². The van der Waals surface area contributed by atoms with Gasteiger partial charge >= 0.3 is 0 Å². The van der Waals surface area contributed by atoms with Crippen LogP contribution in [0.1, 0.15) is 5.56 Å². The van der Waals surface area contributed by atoms with Crippen molar-refractivity contribution in [2.24, 2.45) is 0 Å². The van der Waals surface area contributed by atoms with Gasteiger partial charge in [0.25, 0.3) is 0 Å². The summed E-state index contributed by atoms with van der Waals surface area (Å²) in [6, 6.07) is 5.53. The monoisotopic (exact) mass is 176 g/mol. The highest BCUT2D eigenvalue weighted by Crippen LogP contribution is 2.32. The molecule has 0 fully saturated rings. The zero-order chi connectivity index (χ0) is 9.10. The Hall–Kier alpha value is -1.77. The largest absolute Gasteiger partial charge is 0.454 e. The third-order valence-electron chi connectivity index (χ3n) is 1.76. The summed E-state index contributed by atoms with van der Waals surface area (Å²) in [6.07, 6.45) is 3.90. The summed E-state index contributed by atoms with van der Waals surface area (Å²) < 4.78 is 10.3. The van der Waals surface area contributed by atoms with Gasteiger partial charge in [-0.1, -0.05) is 12.1 Å². The number of carbonyl (C=O) groups is 1. The van der Waals surface area contributed by atoms with Crippen LogP contribution in [-0.4, -0.2) is 13.1 Å². The molecule has 0 unspecified atom stereocenters. The van der Waals surface area contributed by atoms with Crippen LogP contribution >= 0.6 is 0 Å². The van der Waals surface area contributed by atoms with Crippen LogP contribution in [0.5, 0.6) is 11.5 Å². The van der Waals surface area contributed by atoms with Gasteiger partial charge < -0.3 is 9.47 Å².